The third kappa shape index (κ3) is 3.44. The number of anilines is 1. The number of rotatable bonds is 5. The fourth-order valence-electron chi connectivity index (χ4n) is 1.52. The molecule has 1 unspecified atom stereocenters. The van der Waals surface area contributed by atoms with Crippen LogP contribution in [-0.4, -0.2) is 11.5 Å². The maximum atomic E-state index is 10.8. The van der Waals surface area contributed by atoms with Gasteiger partial charge in [0.25, 0.3) is 5.69 Å². The van der Waals surface area contributed by atoms with Crippen LogP contribution in [0.25, 0.3) is 0 Å². The largest absolute Gasteiger partial charge is 0.384 e. The van der Waals surface area contributed by atoms with Gasteiger partial charge < -0.3 is 5.32 Å². The zero-order valence-corrected chi connectivity index (χ0v) is 10.9. The Balaban J connectivity index is 2.79. The molecule has 4 nitrogen and oxygen atoms in total. The van der Waals surface area contributed by atoms with Crippen molar-refractivity contribution in [2.45, 2.75) is 27.7 Å². The van der Waals surface area contributed by atoms with Gasteiger partial charge in [0.15, 0.2) is 0 Å². The number of nitro groups is 1. The minimum absolute atomic E-state index is 0.173. The summed E-state index contributed by atoms with van der Waals surface area (Å²) in [4.78, 5) is 10.5. The van der Waals surface area contributed by atoms with Crippen molar-refractivity contribution in [2.75, 3.05) is 11.9 Å². The second-order valence-electron chi connectivity index (χ2n) is 4.81. The van der Waals surface area contributed by atoms with Crippen LogP contribution >= 0.6 is 0 Å². The van der Waals surface area contributed by atoms with E-state index in [2.05, 4.69) is 26.1 Å². The number of nitrogens with zero attached hydrogens (tertiary/aromatic N) is 1. The number of benzene rings is 1. The van der Waals surface area contributed by atoms with E-state index in [0.717, 1.165) is 12.2 Å². The van der Waals surface area contributed by atoms with Crippen molar-refractivity contribution >= 4 is 11.4 Å². The van der Waals surface area contributed by atoms with Crippen LogP contribution in [-0.2, 0) is 0 Å². The van der Waals surface area contributed by atoms with E-state index in [1.165, 1.54) is 6.07 Å². The molecule has 1 aromatic carbocycles. The van der Waals surface area contributed by atoms with E-state index < -0.39 is 0 Å². The normalized spacial score (nSPS) is 12.5. The van der Waals surface area contributed by atoms with E-state index in [0.29, 0.717) is 17.4 Å². The molecule has 0 amide bonds. The van der Waals surface area contributed by atoms with E-state index >= 15 is 0 Å². The molecule has 1 aromatic rings. The Morgan fingerprint density at radius 1 is 1.35 bits per heavy atom. The van der Waals surface area contributed by atoms with Gasteiger partial charge >= 0.3 is 0 Å². The van der Waals surface area contributed by atoms with E-state index in [1.54, 1.807) is 13.0 Å². The summed E-state index contributed by atoms with van der Waals surface area (Å²) in [6.07, 6.45) is 0. The predicted octanol–water partition coefficient (Wildman–Crippen LogP) is 3.61. The predicted molar refractivity (Wildman–Crippen MR) is 70.3 cm³/mol. The first-order valence-corrected chi connectivity index (χ1v) is 5.91. The van der Waals surface area contributed by atoms with Crippen LogP contribution in [0.2, 0.25) is 0 Å². The molecule has 1 atom stereocenters. The van der Waals surface area contributed by atoms with Crippen molar-refractivity contribution in [2.24, 2.45) is 11.8 Å². The quantitative estimate of drug-likeness (QED) is 0.627. The molecule has 0 fully saturated rings. The van der Waals surface area contributed by atoms with Crippen molar-refractivity contribution in [3.05, 3.63) is 33.9 Å². The fraction of sp³-hybridized carbons (Fsp3) is 0.538. The van der Waals surface area contributed by atoms with Crippen LogP contribution in [0.3, 0.4) is 0 Å². The van der Waals surface area contributed by atoms with Gasteiger partial charge in [0.2, 0.25) is 0 Å². The standard InChI is InChI=1S/C13H20N2O2/c1-9(2)10(3)8-14-12-6-5-7-13(11(12)4)15(16)17/h5-7,9-10,14H,8H2,1-4H3. The molecule has 0 aliphatic rings. The fourth-order valence-corrected chi connectivity index (χ4v) is 1.52. The summed E-state index contributed by atoms with van der Waals surface area (Å²) in [6.45, 7) is 9.13. The van der Waals surface area contributed by atoms with E-state index in [-0.39, 0.29) is 10.6 Å². The zero-order valence-electron chi connectivity index (χ0n) is 10.9. The average molecular weight is 236 g/mol. The third-order valence-electron chi connectivity index (χ3n) is 3.25. The molecule has 0 aliphatic heterocycles. The van der Waals surface area contributed by atoms with Crippen LogP contribution < -0.4 is 5.32 Å². The van der Waals surface area contributed by atoms with Gasteiger partial charge in [-0.1, -0.05) is 26.8 Å². The minimum Gasteiger partial charge on any atom is -0.384 e. The highest BCUT2D eigenvalue weighted by Gasteiger charge is 2.14. The monoisotopic (exact) mass is 236 g/mol. The summed E-state index contributed by atoms with van der Waals surface area (Å²) in [5, 5.41) is 14.1. The Morgan fingerprint density at radius 2 is 2.00 bits per heavy atom. The molecule has 0 radical (unpaired) electrons. The topological polar surface area (TPSA) is 55.2 Å². The highest BCUT2D eigenvalue weighted by molar-refractivity contribution is 5.59. The van der Waals surface area contributed by atoms with Gasteiger partial charge in [-0.3, -0.25) is 10.1 Å². The molecular formula is C13H20N2O2. The maximum absolute atomic E-state index is 10.8. The Labute approximate surface area is 102 Å². The summed E-state index contributed by atoms with van der Waals surface area (Å²) >= 11 is 0. The van der Waals surface area contributed by atoms with Crippen LogP contribution in [0.15, 0.2) is 18.2 Å². The third-order valence-corrected chi connectivity index (χ3v) is 3.25. The molecule has 0 bridgehead atoms. The highest BCUT2D eigenvalue weighted by Crippen LogP contribution is 2.25. The maximum Gasteiger partial charge on any atom is 0.274 e. The van der Waals surface area contributed by atoms with Gasteiger partial charge in [-0.2, -0.15) is 0 Å². The van der Waals surface area contributed by atoms with Crippen molar-refractivity contribution in [1.29, 1.82) is 0 Å². The lowest BCUT2D eigenvalue weighted by atomic mass is 9.98. The SMILES string of the molecule is Cc1c(NCC(C)C(C)C)cccc1[N+](=O)[O-]. The summed E-state index contributed by atoms with van der Waals surface area (Å²) in [5.41, 5.74) is 1.73. The Bertz CT molecular complexity index is 402. The van der Waals surface area contributed by atoms with Crippen LogP contribution in [0, 0.1) is 28.9 Å². The summed E-state index contributed by atoms with van der Waals surface area (Å²) in [5.74, 6) is 1.13. The minimum atomic E-state index is -0.341. The van der Waals surface area contributed by atoms with Crippen LogP contribution in [0.4, 0.5) is 11.4 Å². The first kappa shape index (κ1) is 13.5. The van der Waals surface area contributed by atoms with Crippen LogP contribution in [0.5, 0.6) is 0 Å². The van der Waals surface area contributed by atoms with E-state index in [9.17, 15) is 10.1 Å². The molecule has 0 spiro atoms. The molecular weight excluding hydrogens is 216 g/mol. The molecule has 0 aliphatic carbocycles. The van der Waals surface area contributed by atoms with E-state index in [4.69, 9.17) is 0 Å². The Hall–Kier alpha value is -1.58. The van der Waals surface area contributed by atoms with Gasteiger partial charge in [0.05, 0.1) is 4.92 Å². The average Bonchev–Trinajstić information content (AvgIpc) is 2.26. The van der Waals surface area contributed by atoms with Crippen molar-refractivity contribution < 1.29 is 4.92 Å². The van der Waals surface area contributed by atoms with Gasteiger partial charge in [0, 0.05) is 23.9 Å². The zero-order chi connectivity index (χ0) is 13.0. The summed E-state index contributed by atoms with van der Waals surface area (Å²) in [7, 11) is 0. The smallest absolute Gasteiger partial charge is 0.274 e. The van der Waals surface area contributed by atoms with Gasteiger partial charge in [-0.05, 0) is 24.8 Å². The van der Waals surface area contributed by atoms with Crippen molar-refractivity contribution in [3.63, 3.8) is 0 Å². The summed E-state index contributed by atoms with van der Waals surface area (Å²) < 4.78 is 0. The molecule has 1 rings (SSSR count). The Kier molecular flexibility index (Phi) is 4.49. The lowest BCUT2D eigenvalue weighted by Gasteiger charge is -2.17. The molecule has 17 heavy (non-hydrogen) atoms. The molecule has 0 aromatic heterocycles. The van der Waals surface area contributed by atoms with Gasteiger partial charge in [-0.15, -0.1) is 0 Å². The second-order valence-corrected chi connectivity index (χ2v) is 4.81. The summed E-state index contributed by atoms with van der Waals surface area (Å²) in [6, 6.07) is 5.13. The molecule has 4 heteroatoms. The molecule has 0 saturated heterocycles. The number of nitrogens with one attached hydrogen (secondary N) is 1. The van der Waals surface area contributed by atoms with Gasteiger partial charge in [-0.25, -0.2) is 0 Å². The lowest BCUT2D eigenvalue weighted by Crippen LogP contribution is -2.16. The first-order valence-electron chi connectivity index (χ1n) is 5.91. The first-order chi connectivity index (χ1) is 7.93. The van der Waals surface area contributed by atoms with E-state index in [1.807, 2.05) is 6.07 Å². The van der Waals surface area contributed by atoms with Crippen molar-refractivity contribution in [3.8, 4) is 0 Å². The molecule has 0 saturated carbocycles. The van der Waals surface area contributed by atoms with Crippen LogP contribution in [0.1, 0.15) is 26.3 Å². The number of hydrogen-bond acceptors (Lipinski definition) is 3. The Morgan fingerprint density at radius 3 is 2.53 bits per heavy atom. The van der Waals surface area contributed by atoms with Gasteiger partial charge in [0.1, 0.15) is 0 Å². The number of nitro benzene ring substituents is 1. The molecule has 0 heterocycles. The number of hydrogen-bond donors (Lipinski definition) is 1. The lowest BCUT2D eigenvalue weighted by molar-refractivity contribution is -0.385. The van der Waals surface area contributed by atoms with Crippen molar-refractivity contribution in [1.82, 2.24) is 0 Å². The molecule has 1 N–H and O–H groups in total. The molecule has 94 valence electrons. The second kappa shape index (κ2) is 5.66. The highest BCUT2D eigenvalue weighted by atomic mass is 16.6.